The van der Waals surface area contributed by atoms with E-state index >= 15 is 0 Å². The summed E-state index contributed by atoms with van der Waals surface area (Å²) in [7, 11) is 0. The standard InChI is InChI=1S/C54H41N3O/c1-3-14-38(15-4-1)56-48-22-11-8-20-46(48)54-49(23-13-24-50(54)56)55(40-29-26-36(27-30-40)37-28-32-45-44-19-9-12-25-52(44)58-53(45)34-37)41-31-33-43-42-18-7-10-21-47(42)57(51(43)35-41)39-16-5-2-6-17-39/h1,3-4,7-15,18-35,39H,2,5-6,16-17H2. The first-order valence-electron chi connectivity index (χ1n) is 20.7. The third-order valence-electron chi connectivity index (χ3n) is 12.7. The molecule has 0 atom stereocenters. The second-order valence-corrected chi connectivity index (χ2v) is 15.9. The fourth-order valence-corrected chi connectivity index (χ4v) is 10.0. The maximum absolute atomic E-state index is 6.30. The van der Waals surface area contributed by atoms with Gasteiger partial charge in [0.2, 0.25) is 0 Å². The fraction of sp³-hybridized carbons (Fsp3) is 0.111. The molecule has 4 nitrogen and oxygen atoms in total. The second-order valence-electron chi connectivity index (χ2n) is 15.9. The molecule has 3 aromatic heterocycles. The summed E-state index contributed by atoms with van der Waals surface area (Å²) >= 11 is 0. The van der Waals surface area contributed by atoms with Gasteiger partial charge in [-0.25, -0.2) is 0 Å². The Bertz CT molecular complexity index is 3320. The van der Waals surface area contributed by atoms with Crippen LogP contribution in [0.3, 0.4) is 0 Å². The van der Waals surface area contributed by atoms with Crippen LogP contribution in [0.15, 0.2) is 186 Å². The highest BCUT2D eigenvalue weighted by molar-refractivity contribution is 6.17. The molecule has 58 heavy (non-hydrogen) atoms. The van der Waals surface area contributed by atoms with Gasteiger partial charge in [0.25, 0.3) is 0 Å². The molecule has 8 aromatic carbocycles. The van der Waals surface area contributed by atoms with Crippen LogP contribution in [0.25, 0.3) is 82.4 Å². The first kappa shape index (κ1) is 33.1. The van der Waals surface area contributed by atoms with Crippen molar-refractivity contribution in [3.05, 3.63) is 182 Å². The molecule has 1 aliphatic rings. The van der Waals surface area contributed by atoms with Gasteiger partial charge in [0, 0.05) is 60.9 Å². The predicted molar refractivity (Wildman–Crippen MR) is 243 cm³/mol. The number of fused-ring (bicyclic) bond motifs is 9. The van der Waals surface area contributed by atoms with Crippen molar-refractivity contribution in [3.63, 3.8) is 0 Å². The van der Waals surface area contributed by atoms with E-state index in [9.17, 15) is 0 Å². The minimum atomic E-state index is 0.496. The van der Waals surface area contributed by atoms with E-state index in [1.807, 2.05) is 12.1 Å². The zero-order valence-corrected chi connectivity index (χ0v) is 32.2. The molecule has 1 aliphatic carbocycles. The van der Waals surface area contributed by atoms with Crippen molar-refractivity contribution in [1.82, 2.24) is 9.13 Å². The molecule has 0 radical (unpaired) electrons. The number of aromatic nitrogens is 2. The molecule has 12 rings (SSSR count). The van der Waals surface area contributed by atoms with Gasteiger partial charge in [0.05, 0.1) is 22.2 Å². The summed E-state index contributed by atoms with van der Waals surface area (Å²) in [5.74, 6) is 0. The minimum absolute atomic E-state index is 0.496. The maximum Gasteiger partial charge on any atom is 0.136 e. The summed E-state index contributed by atoms with van der Waals surface area (Å²) in [5.41, 5.74) is 13.7. The van der Waals surface area contributed by atoms with Crippen molar-refractivity contribution in [1.29, 1.82) is 0 Å². The quantitative estimate of drug-likeness (QED) is 0.169. The number of rotatable bonds is 6. The van der Waals surface area contributed by atoms with Crippen LogP contribution in [0.1, 0.15) is 38.1 Å². The van der Waals surface area contributed by atoms with Crippen molar-refractivity contribution >= 4 is 82.6 Å². The molecule has 1 fully saturated rings. The van der Waals surface area contributed by atoms with Crippen LogP contribution in [0, 0.1) is 0 Å². The van der Waals surface area contributed by atoms with E-state index in [0.717, 1.165) is 55.8 Å². The topological polar surface area (TPSA) is 26.2 Å². The lowest BCUT2D eigenvalue weighted by atomic mass is 9.95. The van der Waals surface area contributed by atoms with Crippen LogP contribution >= 0.6 is 0 Å². The summed E-state index contributed by atoms with van der Waals surface area (Å²) < 4.78 is 11.4. The number of anilines is 3. The molecule has 0 aliphatic heterocycles. The molecule has 3 heterocycles. The monoisotopic (exact) mass is 747 g/mol. The number of hydrogen-bond acceptors (Lipinski definition) is 2. The Labute approximate surface area is 336 Å². The number of nitrogens with zero attached hydrogens (tertiary/aromatic N) is 3. The zero-order chi connectivity index (χ0) is 38.2. The Balaban J connectivity index is 1.08. The van der Waals surface area contributed by atoms with Gasteiger partial charge in [-0.2, -0.15) is 0 Å². The molecule has 0 spiro atoms. The third kappa shape index (κ3) is 5.14. The van der Waals surface area contributed by atoms with Crippen molar-refractivity contribution in [2.45, 2.75) is 38.1 Å². The van der Waals surface area contributed by atoms with Crippen molar-refractivity contribution in [2.75, 3.05) is 4.90 Å². The molecular weight excluding hydrogens is 707 g/mol. The highest BCUT2D eigenvalue weighted by atomic mass is 16.3. The van der Waals surface area contributed by atoms with Crippen LogP contribution in [-0.4, -0.2) is 9.13 Å². The Morgan fingerprint density at radius 3 is 1.91 bits per heavy atom. The number of hydrogen-bond donors (Lipinski definition) is 0. The van der Waals surface area contributed by atoms with Gasteiger partial charge >= 0.3 is 0 Å². The normalized spacial score (nSPS) is 13.8. The van der Waals surface area contributed by atoms with E-state index in [4.69, 9.17) is 4.42 Å². The molecule has 11 aromatic rings. The highest BCUT2D eigenvalue weighted by Crippen LogP contribution is 2.46. The van der Waals surface area contributed by atoms with E-state index in [1.54, 1.807) is 0 Å². The van der Waals surface area contributed by atoms with Crippen LogP contribution in [0.4, 0.5) is 17.1 Å². The van der Waals surface area contributed by atoms with Crippen molar-refractivity contribution in [3.8, 4) is 16.8 Å². The van der Waals surface area contributed by atoms with Gasteiger partial charge < -0.3 is 18.5 Å². The largest absolute Gasteiger partial charge is 0.456 e. The third-order valence-corrected chi connectivity index (χ3v) is 12.7. The average Bonchev–Trinajstić information content (AvgIpc) is 3.95. The van der Waals surface area contributed by atoms with E-state index < -0.39 is 0 Å². The SMILES string of the molecule is c1ccc(-n2c3ccccc3c3c(N(c4ccc(-c5ccc6c(c5)oc5ccccc56)cc4)c4ccc5c6ccccc6n(C6CCCCC6)c5c4)cccc32)cc1. The zero-order valence-electron chi connectivity index (χ0n) is 32.2. The van der Waals surface area contributed by atoms with E-state index in [1.165, 1.54) is 75.7 Å². The van der Waals surface area contributed by atoms with Gasteiger partial charge in [0.1, 0.15) is 11.2 Å². The van der Waals surface area contributed by atoms with E-state index in [-0.39, 0.29) is 0 Å². The number of benzene rings is 8. The number of para-hydroxylation sites is 4. The predicted octanol–water partition coefficient (Wildman–Crippen LogP) is 15.4. The first-order valence-corrected chi connectivity index (χ1v) is 20.7. The molecule has 0 amide bonds. The maximum atomic E-state index is 6.30. The van der Waals surface area contributed by atoms with E-state index in [0.29, 0.717) is 6.04 Å². The molecule has 1 saturated carbocycles. The average molecular weight is 748 g/mol. The van der Waals surface area contributed by atoms with Gasteiger partial charge in [-0.05, 0) is 103 Å². The lowest BCUT2D eigenvalue weighted by molar-refractivity contribution is 0.367. The Hall–Kier alpha value is -7.04. The van der Waals surface area contributed by atoms with Gasteiger partial charge in [0.15, 0.2) is 0 Å². The van der Waals surface area contributed by atoms with Crippen molar-refractivity contribution in [2.24, 2.45) is 0 Å². The Morgan fingerprint density at radius 2 is 1.07 bits per heavy atom. The molecule has 0 bridgehead atoms. The minimum Gasteiger partial charge on any atom is -0.456 e. The molecule has 0 saturated heterocycles. The summed E-state index contributed by atoms with van der Waals surface area (Å²) in [5, 5.41) is 7.41. The highest BCUT2D eigenvalue weighted by Gasteiger charge is 2.25. The molecule has 0 N–H and O–H groups in total. The lowest BCUT2D eigenvalue weighted by Gasteiger charge is -2.28. The smallest absolute Gasteiger partial charge is 0.136 e. The van der Waals surface area contributed by atoms with Crippen LogP contribution in [-0.2, 0) is 0 Å². The molecule has 4 heteroatoms. The van der Waals surface area contributed by atoms with Gasteiger partial charge in [-0.3, -0.25) is 0 Å². The summed E-state index contributed by atoms with van der Waals surface area (Å²) in [6, 6.07) is 67.0. The molecule has 0 unspecified atom stereocenters. The summed E-state index contributed by atoms with van der Waals surface area (Å²) in [4.78, 5) is 2.48. The lowest BCUT2D eigenvalue weighted by Crippen LogP contribution is -2.13. The summed E-state index contributed by atoms with van der Waals surface area (Å²) in [6.07, 6.45) is 6.35. The summed E-state index contributed by atoms with van der Waals surface area (Å²) in [6.45, 7) is 0. The van der Waals surface area contributed by atoms with Crippen LogP contribution in [0.2, 0.25) is 0 Å². The Kier molecular flexibility index (Phi) is 7.59. The Morgan fingerprint density at radius 1 is 0.431 bits per heavy atom. The second kappa shape index (κ2) is 13.3. The van der Waals surface area contributed by atoms with Crippen molar-refractivity contribution < 1.29 is 4.42 Å². The first-order chi connectivity index (χ1) is 28.8. The van der Waals surface area contributed by atoms with Gasteiger partial charge in [-0.1, -0.05) is 122 Å². The molecule has 278 valence electrons. The van der Waals surface area contributed by atoms with Gasteiger partial charge in [-0.15, -0.1) is 0 Å². The van der Waals surface area contributed by atoms with Crippen LogP contribution < -0.4 is 4.90 Å². The number of furan rings is 1. The fourth-order valence-electron chi connectivity index (χ4n) is 10.0. The van der Waals surface area contributed by atoms with E-state index in [2.05, 4.69) is 184 Å². The molecular formula is C54H41N3O. The van der Waals surface area contributed by atoms with Crippen LogP contribution in [0.5, 0.6) is 0 Å².